The molecule has 1 aliphatic carbocycles. The number of hydrogen-bond acceptors (Lipinski definition) is 4. The first-order chi connectivity index (χ1) is 9.20. The molecule has 1 N–H and O–H groups in total. The summed E-state index contributed by atoms with van der Waals surface area (Å²) >= 11 is 0. The number of carbonyl (C=O) groups is 1. The van der Waals surface area contributed by atoms with E-state index < -0.39 is 5.97 Å². The lowest BCUT2D eigenvalue weighted by Crippen LogP contribution is -2.18. The van der Waals surface area contributed by atoms with Gasteiger partial charge in [-0.2, -0.15) is 0 Å². The van der Waals surface area contributed by atoms with Crippen LogP contribution in [-0.2, 0) is 6.42 Å². The molecule has 1 heterocycles. The number of aromatic carboxylic acids is 1. The lowest BCUT2D eigenvalue weighted by Gasteiger charge is -2.27. The zero-order valence-corrected chi connectivity index (χ0v) is 10.4. The van der Waals surface area contributed by atoms with Gasteiger partial charge in [0.25, 0.3) is 0 Å². The highest BCUT2D eigenvalue weighted by Crippen LogP contribution is 2.41. The first-order valence-corrected chi connectivity index (χ1v) is 6.15. The number of carboxylic acid groups (broad SMARTS) is 1. The molecule has 1 atom stereocenters. The van der Waals surface area contributed by atoms with E-state index in [0.29, 0.717) is 12.5 Å². The van der Waals surface area contributed by atoms with Crippen LogP contribution >= 0.6 is 0 Å². The molecule has 98 valence electrons. The molecule has 5 heteroatoms. The van der Waals surface area contributed by atoms with Crippen LogP contribution in [0.3, 0.4) is 0 Å². The normalized spacial score (nSPS) is 16.6. The molecule has 0 fully saturated rings. The van der Waals surface area contributed by atoms with Gasteiger partial charge in [-0.05, 0) is 24.5 Å². The summed E-state index contributed by atoms with van der Waals surface area (Å²) in [5, 5.41) is 9.07. The van der Waals surface area contributed by atoms with Crippen LogP contribution in [-0.4, -0.2) is 22.7 Å². The van der Waals surface area contributed by atoms with Crippen molar-refractivity contribution >= 4 is 5.97 Å². The molecule has 1 aromatic heterocycles. The van der Waals surface area contributed by atoms with Crippen molar-refractivity contribution in [2.24, 2.45) is 0 Å². The van der Waals surface area contributed by atoms with Gasteiger partial charge in [-0.25, -0.2) is 9.78 Å². The number of fused-ring (bicyclic) bond motifs is 1. The van der Waals surface area contributed by atoms with Gasteiger partial charge in [0.15, 0.2) is 0 Å². The molecule has 0 amide bonds. The maximum absolute atomic E-state index is 11.1. The van der Waals surface area contributed by atoms with E-state index in [1.807, 2.05) is 18.2 Å². The molecule has 0 bridgehead atoms. The van der Waals surface area contributed by atoms with E-state index in [2.05, 4.69) is 11.1 Å². The average molecular weight is 259 g/mol. The zero-order chi connectivity index (χ0) is 13.4. The maximum atomic E-state index is 11.1. The number of nitrogens with zero attached hydrogens (tertiary/aromatic N) is 1. The summed E-state index contributed by atoms with van der Waals surface area (Å²) in [4.78, 5) is 15.1. The second kappa shape index (κ2) is 4.42. The second-order valence-electron chi connectivity index (χ2n) is 4.38. The van der Waals surface area contributed by atoms with Gasteiger partial charge in [-0.3, -0.25) is 0 Å². The number of hydrogen-bond donors (Lipinski definition) is 1. The monoisotopic (exact) mass is 259 g/mol. The Morgan fingerprint density at radius 1 is 1.53 bits per heavy atom. The average Bonchev–Trinajstić information content (AvgIpc) is 2.75. The summed E-state index contributed by atoms with van der Waals surface area (Å²) < 4.78 is 10.6. The van der Waals surface area contributed by atoms with E-state index in [1.165, 1.54) is 5.56 Å². The molecule has 0 saturated carbocycles. The minimum Gasteiger partial charge on any atom is -0.476 e. The van der Waals surface area contributed by atoms with Gasteiger partial charge in [-0.1, -0.05) is 24.3 Å². The predicted octanol–water partition coefficient (Wildman–Crippen LogP) is 2.46. The zero-order valence-electron chi connectivity index (χ0n) is 10.4. The molecule has 5 nitrogen and oxygen atoms in total. The van der Waals surface area contributed by atoms with Crippen LogP contribution in [0.15, 0.2) is 28.7 Å². The molecule has 1 unspecified atom stereocenters. The molecule has 0 radical (unpaired) electrons. The third kappa shape index (κ3) is 1.87. The largest absolute Gasteiger partial charge is 0.476 e. The first-order valence-electron chi connectivity index (χ1n) is 6.15. The van der Waals surface area contributed by atoms with Crippen molar-refractivity contribution in [1.29, 1.82) is 0 Å². The van der Waals surface area contributed by atoms with Gasteiger partial charge < -0.3 is 14.3 Å². The second-order valence-corrected chi connectivity index (χ2v) is 4.38. The SMILES string of the molecule is CCOc1oc(C2Cc3ccccc32)nc1C(=O)O. The summed E-state index contributed by atoms with van der Waals surface area (Å²) in [7, 11) is 0. The number of carboxylic acids is 1. The molecular weight excluding hydrogens is 246 g/mol. The fourth-order valence-corrected chi connectivity index (χ4v) is 2.31. The van der Waals surface area contributed by atoms with Crippen LogP contribution in [0.4, 0.5) is 0 Å². The number of aromatic nitrogens is 1. The van der Waals surface area contributed by atoms with E-state index >= 15 is 0 Å². The van der Waals surface area contributed by atoms with Gasteiger partial charge >= 0.3 is 11.9 Å². The van der Waals surface area contributed by atoms with Crippen molar-refractivity contribution in [3.8, 4) is 5.95 Å². The third-order valence-electron chi connectivity index (χ3n) is 3.24. The van der Waals surface area contributed by atoms with Crippen LogP contribution < -0.4 is 4.74 Å². The lowest BCUT2D eigenvalue weighted by molar-refractivity contribution is 0.0683. The molecule has 2 aromatic rings. The van der Waals surface area contributed by atoms with E-state index in [9.17, 15) is 4.79 Å². The molecule has 0 saturated heterocycles. The summed E-state index contributed by atoms with van der Waals surface area (Å²) in [6, 6.07) is 8.00. The Bertz CT molecular complexity index is 632. The molecule has 0 spiro atoms. The van der Waals surface area contributed by atoms with Crippen LogP contribution in [0.25, 0.3) is 0 Å². The van der Waals surface area contributed by atoms with Gasteiger partial charge in [0.2, 0.25) is 11.6 Å². The summed E-state index contributed by atoms with van der Waals surface area (Å²) in [5.74, 6) is -0.691. The Labute approximate surface area is 109 Å². The Balaban J connectivity index is 1.95. The molecule has 0 aliphatic heterocycles. The van der Waals surface area contributed by atoms with Gasteiger partial charge in [0.1, 0.15) is 0 Å². The molecule has 19 heavy (non-hydrogen) atoms. The van der Waals surface area contributed by atoms with Gasteiger partial charge in [-0.15, -0.1) is 0 Å². The summed E-state index contributed by atoms with van der Waals surface area (Å²) in [6.07, 6.45) is 0.821. The number of rotatable bonds is 4. The van der Waals surface area contributed by atoms with Gasteiger partial charge in [0.05, 0.1) is 12.5 Å². The fraction of sp³-hybridized carbons (Fsp3) is 0.286. The lowest BCUT2D eigenvalue weighted by atomic mass is 9.77. The van der Waals surface area contributed by atoms with Crippen molar-refractivity contribution in [3.05, 3.63) is 47.0 Å². The highest BCUT2D eigenvalue weighted by Gasteiger charge is 2.33. The predicted molar refractivity (Wildman–Crippen MR) is 66.6 cm³/mol. The molecule has 1 aliphatic rings. The highest BCUT2D eigenvalue weighted by molar-refractivity contribution is 5.87. The van der Waals surface area contributed by atoms with E-state index in [0.717, 1.165) is 12.0 Å². The van der Waals surface area contributed by atoms with Crippen LogP contribution in [0.1, 0.15) is 40.3 Å². The standard InChI is InChI=1S/C14H13NO4/c1-2-18-14-11(13(16)17)15-12(19-14)10-7-8-5-3-4-6-9(8)10/h3-6,10H,2,7H2,1H3,(H,16,17). The van der Waals surface area contributed by atoms with Crippen molar-refractivity contribution in [2.75, 3.05) is 6.61 Å². The van der Waals surface area contributed by atoms with Crippen LogP contribution in [0, 0.1) is 0 Å². The van der Waals surface area contributed by atoms with Crippen molar-refractivity contribution < 1.29 is 19.1 Å². The number of benzene rings is 1. The fourth-order valence-electron chi connectivity index (χ4n) is 2.31. The first kappa shape index (κ1) is 11.8. The molecule has 1 aromatic carbocycles. The minimum absolute atomic E-state index is 0.00520. The molecule has 3 rings (SSSR count). The van der Waals surface area contributed by atoms with E-state index in [4.69, 9.17) is 14.3 Å². The van der Waals surface area contributed by atoms with Gasteiger partial charge in [0, 0.05) is 0 Å². The van der Waals surface area contributed by atoms with E-state index in [1.54, 1.807) is 6.92 Å². The van der Waals surface area contributed by atoms with Crippen molar-refractivity contribution in [2.45, 2.75) is 19.3 Å². The topological polar surface area (TPSA) is 72.6 Å². The maximum Gasteiger partial charge on any atom is 0.362 e. The summed E-state index contributed by atoms with van der Waals surface area (Å²) in [6.45, 7) is 2.11. The Kier molecular flexibility index (Phi) is 2.74. The van der Waals surface area contributed by atoms with Crippen molar-refractivity contribution in [1.82, 2.24) is 4.98 Å². The Morgan fingerprint density at radius 3 is 3.00 bits per heavy atom. The minimum atomic E-state index is -1.13. The summed E-state index contributed by atoms with van der Waals surface area (Å²) in [5.41, 5.74) is 2.24. The number of ether oxygens (including phenoxy) is 1. The Hall–Kier alpha value is -2.30. The van der Waals surface area contributed by atoms with E-state index in [-0.39, 0.29) is 17.6 Å². The Morgan fingerprint density at radius 2 is 2.32 bits per heavy atom. The smallest absolute Gasteiger partial charge is 0.362 e. The number of oxazole rings is 1. The van der Waals surface area contributed by atoms with Crippen LogP contribution in [0.5, 0.6) is 5.95 Å². The molecular formula is C14H13NO4. The van der Waals surface area contributed by atoms with Crippen LogP contribution in [0.2, 0.25) is 0 Å². The highest BCUT2D eigenvalue weighted by atomic mass is 16.6. The van der Waals surface area contributed by atoms with Crippen molar-refractivity contribution in [3.63, 3.8) is 0 Å². The quantitative estimate of drug-likeness (QED) is 0.913. The third-order valence-corrected chi connectivity index (χ3v) is 3.24.